The summed E-state index contributed by atoms with van der Waals surface area (Å²) in [5.74, 6) is -0.764. The Morgan fingerprint density at radius 1 is 0.632 bits per heavy atom. The van der Waals surface area contributed by atoms with Gasteiger partial charge in [-0.3, -0.25) is 4.79 Å². The largest absolute Gasteiger partial charge is 0.456 e. The van der Waals surface area contributed by atoms with E-state index in [1.807, 2.05) is 48.5 Å². The van der Waals surface area contributed by atoms with E-state index in [2.05, 4.69) is 41.3 Å². The molecule has 0 atom stereocenters. The highest BCUT2D eigenvalue weighted by Gasteiger charge is 2.19. The first-order valence-corrected chi connectivity index (χ1v) is 12.7. The van der Waals surface area contributed by atoms with Crippen molar-refractivity contribution in [3.63, 3.8) is 0 Å². The lowest BCUT2D eigenvalue weighted by atomic mass is 10.0. The number of quaternary nitrogens is 2. The van der Waals surface area contributed by atoms with Crippen LogP contribution < -0.4 is 0 Å². The maximum atomic E-state index is 13.0. The average Bonchev–Trinajstić information content (AvgIpc) is 2.83. The van der Waals surface area contributed by atoms with Gasteiger partial charge in [-0.1, -0.05) is 61.7 Å². The molecule has 7 nitrogen and oxygen atoms in total. The van der Waals surface area contributed by atoms with Crippen LogP contribution in [0.1, 0.15) is 40.9 Å². The van der Waals surface area contributed by atoms with Crippen molar-refractivity contribution in [2.75, 3.05) is 54.5 Å². The van der Waals surface area contributed by atoms with Crippen LogP contribution in [0.25, 0.3) is 0 Å². The number of carbonyl (C=O) groups is 3. The molecule has 0 unspecified atom stereocenters. The number of carbonyl (C=O) groups excluding carboxylic acids is 3. The van der Waals surface area contributed by atoms with E-state index in [1.54, 1.807) is 13.8 Å². The number of rotatable bonds is 14. The zero-order valence-corrected chi connectivity index (χ0v) is 23.7. The maximum Gasteiger partial charge on any atom is 0.333 e. The highest BCUT2D eigenvalue weighted by molar-refractivity contribution is 6.09. The molecule has 0 N–H and O–H groups in total. The van der Waals surface area contributed by atoms with E-state index in [0.717, 1.165) is 24.2 Å². The zero-order valence-electron chi connectivity index (χ0n) is 23.7. The minimum atomic E-state index is -0.370. The highest BCUT2D eigenvalue weighted by atomic mass is 16.5. The summed E-state index contributed by atoms with van der Waals surface area (Å²) in [4.78, 5) is 36.2. The summed E-state index contributed by atoms with van der Waals surface area (Å²) >= 11 is 0. The van der Waals surface area contributed by atoms with Crippen molar-refractivity contribution < 1.29 is 32.8 Å². The lowest BCUT2D eigenvalue weighted by molar-refractivity contribution is -0.903. The number of benzene rings is 2. The van der Waals surface area contributed by atoms with E-state index in [1.165, 1.54) is 0 Å². The van der Waals surface area contributed by atoms with E-state index in [0.29, 0.717) is 57.5 Å². The van der Waals surface area contributed by atoms with Gasteiger partial charge >= 0.3 is 11.9 Å². The van der Waals surface area contributed by atoms with E-state index in [4.69, 9.17) is 9.47 Å². The summed E-state index contributed by atoms with van der Waals surface area (Å²) in [5.41, 5.74) is 4.26. The van der Waals surface area contributed by atoms with Gasteiger partial charge in [-0.25, -0.2) is 9.59 Å². The normalized spacial score (nSPS) is 11.5. The standard InChI is InChI=1S/C31H42N2O5/c1-23(2)30(35)37-19-17-32(5,6)21-25-9-13-27(14-10-25)29(34)28-15-11-26(12-16-28)22-33(7,8)18-20-38-31(36)24(3)4/h9-16H,1,3,17-22H2,2,4-8H3/q+2. The van der Waals surface area contributed by atoms with E-state index >= 15 is 0 Å². The third-order valence-electron chi connectivity index (χ3n) is 6.21. The average molecular weight is 523 g/mol. The van der Waals surface area contributed by atoms with Gasteiger partial charge < -0.3 is 18.4 Å². The molecule has 0 saturated heterocycles. The Labute approximate surface area is 227 Å². The van der Waals surface area contributed by atoms with Crippen LogP contribution in [-0.2, 0) is 32.2 Å². The second-order valence-electron chi connectivity index (χ2n) is 11.2. The molecule has 2 rings (SSSR count). The molecule has 7 heteroatoms. The van der Waals surface area contributed by atoms with Gasteiger partial charge in [-0.2, -0.15) is 0 Å². The van der Waals surface area contributed by atoms with Crippen molar-refractivity contribution in [2.45, 2.75) is 26.9 Å². The molecule has 0 saturated carbocycles. The van der Waals surface area contributed by atoms with Gasteiger partial charge in [0, 0.05) is 33.4 Å². The second kappa shape index (κ2) is 13.3. The Morgan fingerprint density at radius 3 is 1.24 bits per heavy atom. The van der Waals surface area contributed by atoms with Crippen LogP contribution in [0.5, 0.6) is 0 Å². The number of ether oxygens (including phenoxy) is 2. The first kappa shape index (κ1) is 30.7. The lowest BCUT2D eigenvalue weighted by Crippen LogP contribution is -2.41. The molecule has 0 aliphatic heterocycles. The van der Waals surface area contributed by atoms with Crippen LogP contribution in [-0.4, -0.2) is 81.2 Å². The molecule has 38 heavy (non-hydrogen) atoms. The van der Waals surface area contributed by atoms with Gasteiger partial charge in [0.1, 0.15) is 39.4 Å². The molecule has 204 valence electrons. The monoisotopic (exact) mass is 522 g/mol. The molecule has 0 fully saturated rings. The number of nitrogens with zero attached hydrogens (tertiary/aromatic N) is 2. The van der Waals surface area contributed by atoms with Crippen molar-refractivity contribution in [3.05, 3.63) is 95.1 Å². The van der Waals surface area contributed by atoms with Crippen molar-refractivity contribution in [3.8, 4) is 0 Å². The van der Waals surface area contributed by atoms with Gasteiger partial charge in [0.15, 0.2) is 5.78 Å². The third kappa shape index (κ3) is 10.1. The second-order valence-corrected chi connectivity index (χ2v) is 11.2. The van der Waals surface area contributed by atoms with E-state index in [-0.39, 0.29) is 17.7 Å². The Bertz CT molecular complexity index is 1070. The lowest BCUT2D eigenvalue weighted by Gasteiger charge is -2.29. The zero-order chi connectivity index (χ0) is 28.5. The van der Waals surface area contributed by atoms with E-state index < -0.39 is 0 Å². The fourth-order valence-electron chi connectivity index (χ4n) is 3.85. The molecule has 2 aromatic carbocycles. The van der Waals surface area contributed by atoms with Crippen LogP contribution in [0.3, 0.4) is 0 Å². The summed E-state index contributed by atoms with van der Waals surface area (Å²) in [7, 11) is 8.29. The quantitative estimate of drug-likeness (QED) is 0.160. The van der Waals surface area contributed by atoms with Gasteiger partial charge in [-0.05, 0) is 13.8 Å². The molecule has 0 bridgehead atoms. The fraction of sp³-hybridized carbons (Fsp3) is 0.387. The van der Waals surface area contributed by atoms with Crippen LogP contribution >= 0.6 is 0 Å². The van der Waals surface area contributed by atoms with Crippen molar-refractivity contribution in [1.82, 2.24) is 0 Å². The molecule has 0 spiro atoms. The number of hydrogen-bond donors (Lipinski definition) is 0. The smallest absolute Gasteiger partial charge is 0.333 e. The number of likely N-dealkylation sites (N-methyl/N-ethyl adjacent to an activating group) is 2. The number of esters is 2. The summed E-state index contributed by atoms with van der Waals surface area (Å²) < 4.78 is 11.7. The summed E-state index contributed by atoms with van der Waals surface area (Å²) in [6, 6.07) is 15.3. The van der Waals surface area contributed by atoms with Crippen LogP contribution in [0.15, 0.2) is 72.8 Å². The fourth-order valence-corrected chi connectivity index (χ4v) is 3.85. The van der Waals surface area contributed by atoms with Crippen LogP contribution in [0.2, 0.25) is 0 Å². The predicted octanol–water partition coefficient (Wildman–Crippen LogP) is 4.31. The third-order valence-corrected chi connectivity index (χ3v) is 6.21. The number of ketones is 1. The molecular weight excluding hydrogens is 480 g/mol. The molecule has 0 heterocycles. The Balaban J connectivity index is 1.92. The Morgan fingerprint density at radius 2 is 0.947 bits per heavy atom. The highest BCUT2D eigenvalue weighted by Crippen LogP contribution is 2.17. The Kier molecular flexibility index (Phi) is 10.7. The van der Waals surface area contributed by atoms with E-state index in [9.17, 15) is 14.4 Å². The maximum absolute atomic E-state index is 13.0. The SMILES string of the molecule is C=C(C)C(=O)OCC[N+](C)(C)Cc1ccc(C(=O)c2ccc(C[N+](C)(C)CCOC(=O)C(=C)C)cc2)cc1. The van der Waals surface area contributed by atoms with Crippen LogP contribution in [0, 0.1) is 0 Å². The van der Waals surface area contributed by atoms with Gasteiger partial charge in [-0.15, -0.1) is 0 Å². The molecule has 0 aliphatic rings. The topological polar surface area (TPSA) is 69.7 Å². The first-order chi connectivity index (χ1) is 17.7. The molecule has 0 aromatic heterocycles. The van der Waals surface area contributed by atoms with Gasteiger partial charge in [0.05, 0.1) is 28.2 Å². The minimum Gasteiger partial charge on any atom is -0.456 e. The molecule has 0 aliphatic carbocycles. The van der Waals surface area contributed by atoms with Crippen molar-refractivity contribution in [1.29, 1.82) is 0 Å². The van der Waals surface area contributed by atoms with Crippen molar-refractivity contribution in [2.24, 2.45) is 0 Å². The molecule has 0 amide bonds. The minimum absolute atomic E-state index is 0.0241. The predicted molar refractivity (Wildman–Crippen MR) is 149 cm³/mol. The van der Waals surface area contributed by atoms with Crippen LogP contribution in [0.4, 0.5) is 0 Å². The summed E-state index contributed by atoms with van der Waals surface area (Å²) in [5, 5.41) is 0. The first-order valence-electron chi connectivity index (χ1n) is 12.7. The summed E-state index contributed by atoms with van der Waals surface area (Å²) in [6.45, 7) is 13.9. The van der Waals surface area contributed by atoms with Gasteiger partial charge in [0.25, 0.3) is 0 Å². The molecular formula is C31H42N2O5+2. The molecule has 0 radical (unpaired) electrons. The van der Waals surface area contributed by atoms with Gasteiger partial charge in [0.2, 0.25) is 0 Å². The molecule has 2 aromatic rings. The Hall–Kier alpha value is -3.55. The van der Waals surface area contributed by atoms with Crippen molar-refractivity contribution >= 4 is 17.7 Å². The summed E-state index contributed by atoms with van der Waals surface area (Å²) in [6.07, 6.45) is 0. The number of hydrogen-bond acceptors (Lipinski definition) is 5.